The third-order valence-electron chi connectivity index (χ3n) is 5.01. The van der Waals surface area contributed by atoms with Crippen LogP contribution in [0.2, 0.25) is 5.02 Å². The molecule has 1 N–H and O–H groups in total. The number of nitrogens with zero attached hydrogens (tertiary/aromatic N) is 2. The van der Waals surface area contributed by atoms with Crippen LogP contribution >= 0.6 is 11.6 Å². The number of hydrogen-bond acceptors (Lipinski definition) is 4. The lowest BCUT2D eigenvalue weighted by Gasteiger charge is -2.31. The van der Waals surface area contributed by atoms with Gasteiger partial charge in [0.2, 0.25) is 21.8 Å². The molecule has 1 atom stereocenters. The summed E-state index contributed by atoms with van der Waals surface area (Å²) in [7, 11) is -2.29. The Kier molecular flexibility index (Phi) is 8.08. The summed E-state index contributed by atoms with van der Waals surface area (Å²) >= 11 is 6.17. The standard InChI is InChI=1S/C22H28ClN3O4S/c1-15-6-9-18(10-7-15)13-25(17(3)22(28)24-4)21(27)14-26(31(5,29)30)19-11-8-16(2)20(23)12-19/h6-12,17H,13-14H2,1-5H3,(H,24,28)/t17-/m0/s1. The van der Waals surface area contributed by atoms with Crippen LogP contribution in [-0.4, -0.2) is 51.0 Å². The molecule has 2 aromatic carbocycles. The van der Waals surface area contributed by atoms with Crippen molar-refractivity contribution < 1.29 is 18.0 Å². The van der Waals surface area contributed by atoms with E-state index in [0.717, 1.165) is 27.3 Å². The number of carbonyl (C=O) groups is 2. The highest BCUT2D eigenvalue weighted by atomic mass is 35.5. The van der Waals surface area contributed by atoms with Crippen molar-refractivity contribution in [3.8, 4) is 0 Å². The Labute approximate surface area is 189 Å². The Morgan fingerprint density at radius 2 is 1.71 bits per heavy atom. The van der Waals surface area contributed by atoms with Gasteiger partial charge in [0.25, 0.3) is 0 Å². The van der Waals surface area contributed by atoms with Crippen molar-refractivity contribution in [1.29, 1.82) is 0 Å². The Morgan fingerprint density at radius 1 is 1.10 bits per heavy atom. The Hall–Kier alpha value is -2.58. The van der Waals surface area contributed by atoms with Crippen LogP contribution in [0.15, 0.2) is 42.5 Å². The molecular formula is C22H28ClN3O4S. The molecule has 7 nitrogen and oxygen atoms in total. The van der Waals surface area contributed by atoms with Crippen LogP contribution in [0.3, 0.4) is 0 Å². The fraction of sp³-hybridized carbons (Fsp3) is 0.364. The highest BCUT2D eigenvalue weighted by Gasteiger charge is 2.29. The van der Waals surface area contributed by atoms with Crippen LogP contribution in [0.1, 0.15) is 23.6 Å². The number of halogens is 1. The predicted octanol–water partition coefficient (Wildman–Crippen LogP) is 2.89. The minimum Gasteiger partial charge on any atom is -0.357 e. The molecule has 168 valence electrons. The van der Waals surface area contributed by atoms with Gasteiger partial charge in [-0.3, -0.25) is 13.9 Å². The first-order chi connectivity index (χ1) is 14.4. The van der Waals surface area contributed by atoms with E-state index in [0.29, 0.717) is 5.02 Å². The van der Waals surface area contributed by atoms with Gasteiger partial charge in [-0.1, -0.05) is 47.5 Å². The van der Waals surface area contributed by atoms with Crippen molar-refractivity contribution in [1.82, 2.24) is 10.2 Å². The number of likely N-dealkylation sites (N-methyl/N-ethyl adjacent to an activating group) is 1. The normalized spacial score (nSPS) is 12.2. The quantitative estimate of drug-likeness (QED) is 0.649. The number of anilines is 1. The van der Waals surface area contributed by atoms with Crippen molar-refractivity contribution in [2.45, 2.75) is 33.4 Å². The SMILES string of the molecule is CNC(=O)[C@H](C)N(Cc1ccc(C)cc1)C(=O)CN(c1ccc(C)c(Cl)c1)S(C)(=O)=O. The van der Waals surface area contributed by atoms with Gasteiger partial charge in [0.1, 0.15) is 12.6 Å². The molecular weight excluding hydrogens is 438 g/mol. The molecule has 0 aliphatic heterocycles. The maximum Gasteiger partial charge on any atom is 0.244 e. The second-order valence-electron chi connectivity index (χ2n) is 7.50. The third kappa shape index (κ3) is 6.45. The van der Waals surface area contributed by atoms with E-state index in [4.69, 9.17) is 11.6 Å². The zero-order valence-electron chi connectivity index (χ0n) is 18.3. The molecule has 2 aromatic rings. The lowest BCUT2D eigenvalue weighted by Crippen LogP contribution is -2.50. The average molecular weight is 466 g/mol. The minimum atomic E-state index is -3.78. The Balaban J connectivity index is 2.39. The number of aryl methyl sites for hydroxylation is 2. The van der Waals surface area contributed by atoms with Gasteiger partial charge in [-0.2, -0.15) is 0 Å². The molecule has 0 spiro atoms. The Morgan fingerprint density at radius 3 is 2.23 bits per heavy atom. The molecule has 0 aromatic heterocycles. The van der Waals surface area contributed by atoms with Crippen molar-refractivity contribution in [2.24, 2.45) is 0 Å². The van der Waals surface area contributed by atoms with E-state index in [1.54, 1.807) is 26.0 Å². The van der Waals surface area contributed by atoms with Crippen LogP contribution in [0.25, 0.3) is 0 Å². The summed E-state index contributed by atoms with van der Waals surface area (Å²) in [4.78, 5) is 26.9. The van der Waals surface area contributed by atoms with E-state index in [-0.39, 0.29) is 18.1 Å². The van der Waals surface area contributed by atoms with Gasteiger partial charge in [0, 0.05) is 18.6 Å². The number of nitrogens with one attached hydrogen (secondary N) is 1. The Bertz CT molecular complexity index is 1050. The second-order valence-corrected chi connectivity index (χ2v) is 9.81. The van der Waals surface area contributed by atoms with Crippen molar-refractivity contribution in [2.75, 3.05) is 24.2 Å². The molecule has 0 bridgehead atoms. The zero-order chi connectivity index (χ0) is 23.3. The van der Waals surface area contributed by atoms with Gasteiger partial charge >= 0.3 is 0 Å². The van der Waals surface area contributed by atoms with Crippen LogP contribution < -0.4 is 9.62 Å². The summed E-state index contributed by atoms with van der Waals surface area (Å²) in [6.07, 6.45) is 1.03. The van der Waals surface area contributed by atoms with Gasteiger partial charge in [-0.05, 0) is 44.0 Å². The number of carbonyl (C=O) groups excluding carboxylic acids is 2. The van der Waals surface area contributed by atoms with Crippen molar-refractivity contribution >= 4 is 39.1 Å². The van der Waals surface area contributed by atoms with E-state index >= 15 is 0 Å². The summed E-state index contributed by atoms with van der Waals surface area (Å²) in [6, 6.07) is 11.6. The van der Waals surface area contributed by atoms with Gasteiger partial charge in [0.05, 0.1) is 11.9 Å². The van der Waals surface area contributed by atoms with Crippen molar-refractivity contribution in [3.63, 3.8) is 0 Å². The van der Waals surface area contributed by atoms with E-state index < -0.39 is 28.5 Å². The second kappa shape index (κ2) is 10.2. The van der Waals surface area contributed by atoms with Crippen LogP contribution in [0.5, 0.6) is 0 Å². The summed E-state index contributed by atoms with van der Waals surface area (Å²) < 4.78 is 25.9. The fourth-order valence-electron chi connectivity index (χ4n) is 3.03. The first kappa shape index (κ1) is 24.7. The third-order valence-corrected chi connectivity index (χ3v) is 6.56. The molecule has 9 heteroatoms. The molecule has 2 amide bonds. The average Bonchev–Trinajstić information content (AvgIpc) is 2.71. The van der Waals surface area contributed by atoms with E-state index in [9.17, 15) is 18.0 Å². The molecule has 0 saturated heterocycles. The van der Waals surface area contributed by atoms with Crippen molar-refractivity contribution in [3.05, 3.63) is 64.2 Å². The van der Waals surface area contributed by atoms with E-state index in [1.165, 1.54) is 18.0 Å². The van der Waals surface area contributed by atoms with Gasteiger partial charge < -0.3 is 10.2 Å². The molecule has 0 fully saturated rings. The topological polar surface area (TPSA) is 86.8 Å². The monoisotopic (exact) mass is 465 g/mol. The molecule has 0 aliphatic carbocycles. The maximum absolute atomic E-state index is 13.3. The van der Waals surface area contributed by atoms with E-state index in [2.05, 4.69) is 5.32 Å². The number of rotatable bonds is 8. The largest absolute Gasteiger partial charge is 0.357 e. The molecule has 0 aliphatic rings. The lowest BCUT2D eigenvalue weighted by molar-refractivity contribution is -0.139. The summed E-state index contributed by atoms with van der Waals surface area (Å²) in [5.41, 5.74) is 2.98. The fourth-order valence-corrected chi connectivity index (χ4v) is 4.05. The molecule has 0 heterocycles. The molecule has 0 radical (unpaired) electrons. The molecule has 31 heavy (non-hydrogen) atoms. The van der Waals surface area contributed by atoms with Crippen LogP contribution in [-0.2, 0) is 26.2 Å². The summed E-state index contributed by atoms with van der Waals surface area (Å²) in [6.45, 7) is 5.08. The number of benzene rings is 2. The van der Waals surface area contributed by atoms with E-state index in [1.807, 2.05) is 31.2 Å². The molecule has 0 saturated carbocycles. The number of amides is 2. The molecule has 2 rings (SSSR count). The summed E-state index contributed by atoms with van der Waals surface area (Å²) in [5, 5.41) is 2.94. The predicted molar refractivity (Wildman–Crippen MR) is 124 cm³/mol. The summed E-state index contributed by atoms with van der Waals surface area (Å²) in [5.74, 6) is -0.844. The highest BCUT2D eigenvalue weighted by molar-refractivity contribution is 7.92. The first-order valence-electron chi connectivity index (χ1n) is 9.74. The molecule has 0 unspecified atom stereocenters. The minimum absolute atomic E-state index is 0.167. The first-order valence-corrected chi connectivity index (χ1v) is 12.0. The highest BCUT2D eigenvalue weighted by Crippen LogP contribution is 2.25. The van der Waals surface area contributed by atoms with Crippen LogP contribution in [0.4, 0.5) is 5.69 Å². The number of hydrogen-bond donors (Lipinski definition) is 1. The number of sulfonamides is 1. The maximum atomic E-state index is 13.3. The van der Waals surface area contributed by atoms with Crippen LogP contribution in [0, 0.1) is 13.8 Å². The lowest BCUT2D eigenvalue weighted by atomic mass is 10.1. The van der Waals surface area contributed by atoms with Gasteiger partial charge in [0.15, 0.2) is 0 Å². The van der Waals surface area contributed by atoms with Gasteiger partial charge in [-0.25, -0.2) is 8.42 Å². The zero-order valence-corrected chi connectivity index (χ0v) is 19.9. The van der Waals surface area contributed by atoms with Gasteiger partial charge in [-0.15, -0.1) is 0 Å². The smallest absolute Gasteiger partial charge is 0.244 e.